The number of nitrogens with zero attached hydrogens (tertiary/aromatic N) is 1. The van der Waals surface area contributed by atoms with Crippen molar-refractivity contribution >= 4 is 17.7 Å². The first-order valence-corrected chi connectivity index (χ1v) is 4.39. The smallest absolute Gasteiger partial charge is 0.330 e. The van der Waals surface area contributed by atoms with Crippen LogP contribution < -0.4 is 10.2 Å². The monoisotopic (exact) mass is 211 g/mol. The number of aromatic amines is 1. The molecule has 0 saturated heterocycles. The first-order valence-electron chi connectivity index (χ1n) is 4.39. The number of aliphatic carboxylic acids is 1. The van der Waals surface area contributed by atoms with Gasteiger partial charge in [-0.25, -0.2) is 4.79 Å². The standard InChI is InChI=1S/C9H13N3O3/c1-10-7(9(14)15)8(13)12(2)6-4-3-5-11-6/h3-5,7,10-11H,1-2H3,(H,14,15). The lowest BCUT2D eigenvalue weighted by Gasteiger charge is -2.19. The van der Waals surface area contributed by atoms with E-state index in [1.165, 1.54) is 19.0 Å². The van der Waals surface area contributed by atoms with E-state index in [0.717, 1.165) is 0 Å². The number of carbonyl (C=O) groups excluding carboxylic acids is 1. The number of likely N-dealkylation sites (N-methyl/N-ethyl adjacent to an activating group) is 2. The van der Waals surface area contributed by atoms with Gasteiger partial charge in [-0.15, -0.1) is 0 Å². The van der Waals surface area contributed by atoms with Gasteiger partial charge in [0.15, 0.2) is 6.04 Å². The second-order valence-electron chi connectivity index (χ2n) is 3.01. The topological polar surface area (TPSA) is 85.4 Å². The number of hydrogen-bond donors (Lipinski definition) is 3. The summed E-state index contributed by atoms with van der Waals surface area (Å²) in [5.41, 5.74) is 0. The van der Waals surface area contributed by atoms with Crippen LogP contribution in [-0.2, 0) is 9.59 Å². The van der Waals surface area contributed by atoms with Crippen molar-refractivity contribution in [1.29, 1.82) is 0 Å². The van der Waals surface area contributed by atoms with Crippen LogP contribution in [0, 0.1) is 0 Å². The Bertz CT molecular complexity index is 347. The number of carboxylic acid groups (broad SMARTS) is 1. The van der Waals surface area contributed by atoms with Crippen molar-refractivity contribution in [2.24, 2.45) is 0 Å². The number of rotatable bonds is 4. The second-order valence-corrected chi connectivity index (χ2v) is 3.01. The summed E-state index contributed by atoms with van der Waals surface area (Å²) in [4.78, 5) is 26.5. The van der Waals surface area contributed by atoms with Gasteiger partial charge < -0.3 is 10.1 Å². The molecule has 1 heterocycles. The zero-order chi connectivity index (χ0) is 11.4. The minimum Gasteiger partial charge on any atom is -0.480 e. The summed E-state index contributed by atoms with van der Waals surface area (Å²) in [5.74, 6) is -1.16. The maximum atomic E-state index is 11.7. The summed E-state index contributed by atoms with van der Waals surface area (Å²) in [7, 11) is 2.95. The lowest BCUT2D eigenvalue weighted by molar-refractivity contribution is -0.143. The van der Waals surface area contributed by atoms with Crippen LogP contribution in [0.1, 0.15) is 0 Å². The van der Waals surface area contributed by atoms with Crippen LogP contribution in [0.25, 0.3) is 0 Å². The lowest BCUT2D eigenvalue weighted by Crippen LogP contribution is -2.48. The van der Waals surface area contributed by atoms with E-state index in [9.17, 15) is 9.59 Å². The van der Waals surface area contributed by atoms with Gasteiger partial charge in [-0.2, -0.15) is 0 Å². The summed E-state index contributed by atoms with van der Waals surface area (Å²) >= 11 is 0. The number of amides is 1. The summed E-state index contributed by atoms with van der Waals surface area (Å²) in [6.45, 7) is 0. The highest BCUT2D eigenvalue weighted by Crippen LogP contribution is 2.09. The molecule has 1 aromatic heterocycles. The quantitative estimate of drug-likeness (QED) is 0.594. The largest absolute Gasteiger partial charge is 0.480 e. The molecule has 0 radical (unpaired) electrons. The molecular formula is C9H13N3O3. The van der Waals surface area contributed by atoms with Gasteiger partial charge >= 0.3 is 5.97 Å². The Morgan fingerprint density at radius 1 is 1.60 bits per heavy atom. The zero-order valence-corrected chi connectivity index (χ0v) is 8.52. The summed E-state index contributed by atoms with van der Waals surface area (Å²) in [6, 6.07) is 2.19. The van der Waals surface area contributed by atoms with Crippen molar-refractivity contribution < 1.29 is 14.7 Å². The van der Waals surface area contributed by atoms with E-state index < -0.39 is 17.9 Å². The highest BCUT2D eigenvalue weighted by Gasteiger charge is 2.28. The Morgan fingerprint density at radius 3 is 2.67 bits per heavy atom. The molecule has 0 aliphatic carbocycles. The molecule has 0 saturated carbocycles. The fraction of sp³-hybridized carbons (Fsp3) is 0.333. The van der Waals surface area contributed by atoms with E-state index in [1.54, 1.807) is 18.3 Å². The molecule has 3 N–H and O–H groups in total. The predicted molar refractivity (Wildman–Crippen MR) is 54.7 cm³/mol. The minimum absolute atomic E-state index is 0.521. The zero-order valence-electron chi connectivity index (χ0n) is 8.52. The summed E-state index contributed by atoms with van der Waals surface area (Å²) in [5, 5.41) is 11.2. The Hall–Kier alpha value is -1.82. The molecule has 15 heavy (non-hydrogen) atoms. The Balaban J connectivity index is 2.80. The fourth-order valence-corrected chi connectivity index (χ4v) is 1.19. The van der Waals surface area contributed by atoms with E-state index in [0.29, 0.717) is 5.82 Å². The molecule has 0 spiro atoms. The van der Waals surface area contributed by atoms with Crippen molar-refractivity contribution in [2.75, 3.05) is 19.0 Å². The van der Waals surface area contributed by atoms with Gasteiger partial charge in [0.2, 0.25) is 0 Å². The van der Waals surface area contributed by atoms with E-state index in [1.807, 2.05) is 0 Å². The second kappa shape index (κ2) is 4.61. The molecule has 0 fully saturated rings. The van der Waals surface area contributed by atoms with Crippen LogP contribution in [-0.4, -0.2) is 42.1 Å². The van der Waals surface area contributed by atoms with Gasteiger partial charge in [0.05, 0.1) is 0 Å². The van der Waals surface area contributed by atoms with E-state index >= 15 is 0 Å². The number of carbonyl (C=O) groups is 2. The molecule has 82 valence electrons. The number of carboxylic acids is 1. The third kappa shape index (κ3) is 2.35. The van der Waals surface area contributed by atoms with Crippen molar-refractivity contribution in [2.45, 2.75) is 6.04 Å². The van der Waals surface area contributed by atoms with Gasteiger partial charge in [-0.1, -0.05) is 0 Å². The Kier molecular flexibility index (Phi) is 3.46. The van der Waals surface area contributed by atoms with Crippen LogP contribution in [0.15, 0.2) is 18.3 Å². The summed E-state index contributed by atoms with van der Waals surface area (Å²) < 4.78 is 0. The van der Waals surface area contributed by atoms with Gasteiger partial charge in [-0.05, 0) is 19.2 Å². The molecule has 6 nitrogen and oxygen atoms in total. The van der Waals surface area contributed by atoms with E-state index in [2.05, 4.69) is 10.3 Å². The molecule has 1 rings (SSSR count). The molecule has 1 amide bonds. The van der Waals surface area contributed by atoms with Crippen molar-refractivity contribution in [3.05, 3.63) is 18.3 Å². The van der Waals surface area contributed by atoms with Gasteiger partial charge in [0, 0.05) is 13.2 Å². The minimum atomic E-state index is -1.22. The number of anilines is 1. The molecule has 1 unspecified atom stereocenters. The normalized spacial score (nSPS) is 12.1. The predicted octanol–water partition coefficient (Wildman–Crippen LogP) is -0.350. The molecule has 0 aliphatic rings. The Labute approximate surface area is 86.9 Å². The highest BCUT2D eigenvalue weighted by atomic mass is 16.4. The number of hydrogen-bond acceptors (Lipinski definition) is 3. The maximum Gasteiger partial charge on any atom is 0.330 e. The Morgan fingerprint density at radius 2 is 2.27 bits per heavy atom. The highest BCUT2D eigenvalue weighted by molar-refractivity contribution is 6.08. The van der Waals surface area contributed by atoms with Gasteiger partial charge in [0.1, 0.15) is 5.82 Å². The summed E-state index contributed by atoms with van der Waals surface area (Å²) in [6.07, 6.45) is 1.66. The number of nitrogens with one attached hydrogen (secondary N) is 2. The third-order valence-electron chi connectivity index (χ3n) is 2.06. The molecular weight excluding hydrogens is 198 g/mol. The molecule has 0 aromatic carbocycles. The number of aromatic nitrogens is 1. The van der Waals surface area contributed by atoms with E-state index in [4.69, 9.17) is 5.11 Å². The van der Waals surface area contributed by atoms with Crippen LogP contribution in [0.4, 0.5) is 5.82 Å². The average Bonchev–Trinajstić information content (AvgIpc) is 2.69. The van der Waals surface area contributed by atoms with Crippen LogP contribution in [0.5, 0.6) is 0 Å². The van der Waals surface area contributed by atoms with Crippen molar-refractivity contribution in [3.63, 3.8) is 0 Å². The molecule has 1 aromatic rings. The maximum absolute atomic E-state index is 11.7. The molecule has 0 bridgehead atoms. The van der Waals surface area contributed by atoms with E-state index in [-0.39, 0.29) is 0 Å². The van der Waals surface area contributed by atoms with Crippen molar-refractivity contribution in [1.82, 2.24) is 10.3 Å². The molecule has 6 heteroatoms. The molecule has 1 atom stereocenters. The SMILES string of the molecule is CNC(C(=O)O)C(=O)N(C)c1ccc[nH]1. The number of H-pyrrole nitrogens is 1. The first kappa shape index (κ1) is 11.3. The van der Waals surface area contributed by atoms with Gasteiger partial charge in [-0.3, -0.25) is 15.0 Å². The van der Waals surface area contributed by atoms with Crippen LogP contribution >= 0.6 is 0 Å². The third-order valence-corrected chi connectivity index (χ3v) is 2.06. The molecule has 0 aliphatic heterocycles. The first-order chi connectivity index (χ1) is 7.07. The van der Waals surface area contributed by atoms with Crippen LogP contribution in [0.3, 0.4) is 0 Å². The van der Waals surface area contributed by atoms with Gasteiger partial charge in [0.25, 0.3) is 5.91 Å². The van der Waals surface area contributed by atoms with Crippen LogP contribution in [0.2, 0.25) is 0 Å². The average molecular weight is 211 g/mol. The fourth-order valence-electron chi connectivity index (χ4n) is 1.19. The van der Waals surface area contributed by atoms with Crippen molar-refractivity contribution in [3.8, 4) is 0 Å². The lowest BCUT2D eigenvalue weighted by atomic mass is 10.2.